The second-order valence-electron chi connectivity index (χ2n) is 3.47. The molecule has 17 heavy (non-hydrogen) atoms. The molecule has 0 aliphatic carbocycles. The Labute approximate surface area is 104 Å². The standard InChI is InChI=1S/C12H13N3OS/c1-3-5-6-16-10-9-7-8(4-2)17-11(9)15-12(13)14-10/h1,7H,4-6H2,2H3,(H2,13,14,15). The molecule has 2 N–H and O–H groups in total. The van der Waals surface area contributed by atoms with E-state index in [4.69, 9.17) is 16.9 Å². The molecule has 0 saturated heterocycles. The molecule has 0 saturated carbocycles. The zero-order valence-electron chi connectivity index (χ0n) is 9.56. The van der Waals surface area contributed by atoms with Crippen molar-refractivity contribution < 1.29 is 4.74 Å². The summed E-state index contributed by atoms with van der Waals surface area (Å²) in [4.78, 5) is 10.4. The van der Waals surface area contributed by atoms with Crippen LogP contribution in [0.5, 0.6) is 5.88 Å². The summed E-state index contributed by atoms with van der Waals surface area (Å²) in [6, 6.07) is 2.05. The van der Waals surface area contributed by atoms with Crippen molar-refractivity contribution in [3.63, 3.8) is 0 Å². The fraction of sp³-hybridized carbons (Fsp3) is 0.333. The summed E-state index contributed by atoms with van der Waals surface area (Å²) < 4.78 is 5.53. The Balaban J connectivity index is 2.38. The number of anilines is 1. The first-order chi connectivity index (χ1) is 8.24. The van der Waals surface area contributed by atoms with Crippen molar-refractivity contribution in [2.24, 2.45) is 0 Å². The molecule has 0 spiro atoms. The highest BCUT2D eigenvalue weighted by molar-refractivity contribution is 7.18. The lowest BCUT2D eigenvalue weighted by Gasteiger charge is -2.04. The first-order valence-electron chi connectivity index (χ1n) is 5.36. The van der Waals surface area contributed by atoms with Gasteiger partial charge in [-0.2, -0.15) is 4.98 Å². The Bertz CT molecular complexity index is 571. The van der Waals surface area contributed by atoms with Gasteiger partial charge in [0.15, 0.2) is 0 Å². The van der Waals surface area contributed by atoms with Gasteiger partial charge < -0.3 is 10.5 Å². The van der Waals surface area contributed by atoms with Crippen LogP contribution in [0.2, 0.25) is 0 Å². The van der Waals surface area contributed by atoms with Crippen LogP contribution in [0.15, 0.2) is 6.07 Å². The highest BCUT2D eigenvalue weighted by atomic mass is 32.1. The summed E-state index contributed by atoms with van der Waals surface area (Å²) in [6.07, 6.45) is 6.69. The molecule has 2 rings (SSSR count). The fourth-order valence-electron chi connectivity index (χ4n) is 1.45. The maximum Gasteiger partial charge on any atom is 0.227 e. The molecule has 0 amide bonds. The van der Waals surface area contributed by atoms with Crippen molar-refractivity contribution in [2.45, 2.75) is 19.8 Å². The van der Waals surface area contributed by atoms with Gasteiger partial charge in [-0.25, -0.2) is 4.98 Å². The van der Waals surface area contributed by atoms with Crippen molar-refractivity contribution in [2.75, 3.05) is 12.3 Å². The zero-order chi connectivity index (χ0) is 12.3. The van der Waals surface area contributed by atoms with Crippen LogP contribution < -0.4 is 10.5 Å². The van der Waals surface area contributed by atoms with Crippen LogP contribution in [0.4, 0.5) is 5.95 Å². The maximum atomic E-state index is 5.64. The fourth-order valence-corrected chi connectivity index (χ4v) is 2.42. The Kier molecular flexibility index (Phi) is 3.45. The quantitative estimate of drug-likeness (QED) is 0.665. The SMILES string of the molecule is C#CCCOc1nc(N)nc2sc(CC)cc12. The number of nitrogens with zero attached hydrogens (tertiary/aromatic N) is 2. The van der Waals surface area contributed by atoms with Crippen LogP contribution in [0.25, 0.3) is 10.2 Å². The van der Waals surface area contributed by atoms with Gasteiger partial charge in [0.1, 0.15) is 11.4 Å². The minimum atomic E-state index is 0.234. The van der Waals surface area contributed by atoms with E-state index in [2.05, 4.69) is 22.8 Å². The van der Waals surface area contributed by atoms with Gasteiger partial charge in [0.05, 0.1) is 5.39 Å². The number of hydrogen-bond donors (Lipinski definition) is 1. The molecule has 0 radical (unpaired) electrons. The number of aryl methyl sites for hydroxylation is 1. The van der Waals surface area contributed by atoms with Crippen LogP contribution in [0, 0.1) is 12.3 Å². The molecule has 2 heterocycles. The smallest absolute Gasteiger partial charge is 0.227 e. The number of thiophene rings is 1. The average molecular weight is 247 g/mol. The van der Waals surface area contributed by atoms with Crippen molar-refractivity contribution in [3.05, 3.63) is 10.9 Å². The van der Waals surface area contributed by atoms with E-state index in [1.807, 2.05) is 6.07 Å². The van der Waals surface area contributed by atoms with Gasteiger partial charge in [0, 0.05) is 11.3 Å². The molecule has 5 heteroatoms. The van der Waals surface area contributed by atoms with Gasteiger partial charge in [0.2, 0.25) is 11.8 Å². The molecular formula is C12H13N3OS. The monoisotopic (exact) mass is 247 g/mol. The minimum absolute atomic E-state index is 0.234. The molecule has 0 aliphatic heterocycles. The first-order valence-corrected chi connectivity index (χ1v) is 6.18. The Morgan fingerprint density at radius 1 is 1.53 bits per heavy atom. The van der Waals surface area contributed by atoms with E-state index in [0.717, 1.165) is 16.6 Å². The molecule has 0 atom stereocenters. The molecule has 0 aliphatic rings. The number of nitrogen functional groups attached to an aromatic ring is 1. The van der Waals surface area contributed by atoms with Crippen molar-refractivity contribution >= 4 is 27.5 Å². The van der Waals surface area contributed by atoms with Gasteiger partial charge in [-0.1, -0.05) is 6.92 Å². The largest absolute Gasteiger partial charge is 0.476 e. The summed E-state index contributed by atoms with van der Waals surface area (Å²) in [6.45, 7) is 2.54. The second-order valence-corrected chi connectivity index (χ2v) is 4.59. The first kappa shape index (κ1) is 11.7. The van der Waals surface area contributed by atoms with E-state index < -0.39 is 0 Å². The minimum Gasteiger partial charge on any atom is -0.476 e. The van der Waals surface area contributed by atoms with Crippen LogP contribution in [0.1, 0.15) is 18.2 Å². The van der Waals surface area contributed by atoms with Gasteiger partial charge in [-0.05, 0) is 12.5 Å². The van der Waals surface area contributed by atoms with Crippen LogP contribution in [0.3, 0.4) is 0 Å². The maximum absolute atomic E-state index is 5.64. The number of fused-ring (bicyclic) bond motifs is 1. The molecule has 2 aromatic rings. The van der Waals surface area contributed by atoms with Crippen molar-refractivity contribution in [1.29, 1.82) is 0 Å². The van der Waals surface area contributed by atoms with Crippen LogP contribution in [-0.4, -0.2) is 16.6 Å². The number of hydrogen-bond acceptors (Lipinski definition) is 5. The molecule has 4 nitrogen and oxygen atoms in total. The predicted octanol–water partition coefficient (Wildman–Crippen LogP) is 2.24. The summed E-state index contributed by atoms with van der Waals surface area (Å²) in [7, 11) is 0. The third-order valence-electron chi connectivity index (χ3n) is 2.26. The molecule has 0 unspecified atom stereocenters. The number of terminal acetylenes is 1. The Morgan fingerprint density at radius 2 is 2.35 bits per heavy atom. The van der Waals surface area contributed by atoms with E-state index >= 15 is 0 Å². The topological polar surface area (TPSA) is 61.0 Å². The number of ether oxygens (including phenoxy) is 1. The summed E-state index contributed by atoms with van der Waals surface area (Å²) >= 11 is 1.61. The van der Waals surface area contributed by atoms with Crippen LogP contribution in [-0.2, 0) is 6.42 Å². The summed E-state index contributed by atoms with van der Waals surface area (Å²) in [5.41, 5.74) is 5.64. The lowest BCUT2D eigenvalue weighted by molar-refractivity contribution is 0.319. The molecule has 0 fully saturated rings. The van der Waals surface area contributed by atoms with Crippen molar-refractivity contribution in [3.8, 4) is 18.2 Å². The third-order valence-corrected chi connectivity index (χ3v) is 3.43. The Morgan fingerprint density at radius 3 is 3.06 bits per heavy atom. The number of aromatic nitrogens is 2. The molecular weight excluding hydrogens is 234 g/mol. The lowest BCUT2D eigenvalue weighted by atomic mass is 10.3. The van der Waals surface area contributed by atoms with E-state index in [1.54, 1.807) is 11.3 Å². The van der Waals surface area contributed by atoms with Crippen molar-refractivity contribution in [1.82, 2.24) is 9.97 Å². The lowest BCUT2D eigenvalue weighted by Crippen LogP contribution is -2.01. The third kappa shape index (κ3) is 2.48. The second kappa shape index (κ2) is 5.02. The molecule has 2 aromatic heterocycles. The summed E-state index contributed by atoms with van der Waals surface area (Å²) in [5.74, 6) is 3.28. The normalized spacial score (nSPS) is 10.4. The number of nitrogens with two attached hydrogens (primary N) is 1. The van der Waals surface area contributed by atoms with E-state index in [9.17, 15) is 0 Å². The van der Waals surface area contributed by atoms with E-state index in [1.165, 1.54) is 4.88 Å². The highest BCUT2D eigenvalue weighted by Gasteiger charge is 2.10. The summed E-state index contributed by atoms with van der Waals surface area (Å²) in [5, 5.41) is 0.915. The molecule has 0 aromatic carbocycles. The van der Waals surface area contributed by atoms with E-state index in [0.29, 0.717) is 18.9 Å². The average Bonchev–Trinajstić information content (AvgIpc) is 2.72. The van der Waals surface area contributed by atoms with Gasteiger partial charge >= 0.3 is 0 Å². The van der Waals surface area contributed by atoms with Gasteiger partial charge in [-0.3, -0.25) is 0 Å². The molecule has 0 bridgehead atoms. The number of rotatable bonds is 4. The zero-order valence-corrected chi connectivity index (χ0v) is 10.4. The Hall–Kier alpha value is -1.80. The van der Waals surface area contributed by atoms with Crippen LogP contribution >= 0.6 is 11.3 Å². The predicted molar refractivity (Wildman–Crippen MR) is 70.2 cm³/mol. The van der Waals surface area contributed by atoms with Gasteiger partial charge in [-0.15, -0.1) is 23.7 Å². The highest BCUT2D eigenvalue weighted by Crippen LogP contribution is 2.31. The van der Waals surface area contributed by atoms with E-state index in [-0.39, 0.29) is 5.95 Å². The van der Waals surface area contributed by atoms with Gasteiger partial charge in [0.25, 0.3) is 0 Å². The molecule has 88 valence electrons.